The van der Waals surface area contributed by atoms with Crippen molar-refractivity contribution >= 4 is 23.2 Å². The van der Waals surface area contributed by atoms with Gasteiger partial charge in [0.15, 0.2) is 0 Å². The molecule has 132 valence electrons. The highest BCUT2D eigenvalue weighted by atomic mass is 32.1. The molecule has 6 heteroatoms. The van der Waals surface area contributed by atoms with E-state index in [2.05, 4.69) is 11.4 Å². The largest absolute Gasteiger partial charge is 0.396 e. The van der Waals surface area contributed by atoms with Gasteiger partial charge in [0, 0.05) is 50.5 Å². The summed E-state index contributed by atoms with van der Waals surface area (Å²) in [6.45, 7) is 3.16. The summed E-state index contributed by atoms with van der Waals surface area (Å²) in [5.74, 6) is 0.575. The van der Waals surface area contributed by atoms with E-state index in [-0.39, 0.29) is 18.4 Å². The number of thiophene rings is 1. The van der Waals surface area contributed by atoms with Crippen LogP contribution >= 0.6 is 11.3 Å². The van der Waals surface area contributed by atoms with Crippen LogP contribution < -0.4 is 0 Å². The summed E-state index contributed by atoms with van der Waals surface area (Å²) < 4.78 is 0. The Hall–Kier alpha value is -1.40. The molecule has 5 nitrogen and oxygen atoms in total. The number of carbonyl (C=O) groups is 2. The second kappa shape index (κ2) is 8.12. The van der Waals surface area contributed by atoms with E-state index in [1.165, 1.54) is 10.4 Å². The van der Waals surface area contributed by atoms with Crippen LogP contribution in [-0.2, 0) is 22.6 Å². The van der Waals surface area contributed by atoms with Crippen LogP contribution in [0.1, 0.15) is 42.5 Å². The van der Waals surface area contributed by atoms with Gasteiger partial charge in [0.25, 0.3) is 0 Å². The van der Waals surface area contributed by atoms with Crippen molar-refractivity contribution in [2.24, 2.45) is 5.92 Å². The molecule has 1 unspecified atom stereocenters. The molecule has 1 fully saturated rings. The van der Waals surface area contributed by atoms with Gasteiger partial charge in [-0.25, -0.2) is 0 Å². The van der Waals surface area contributed by atoms with Gasteiger partial charge in [0.2, 0.25) is 11.8 Å². The summed E-state index contributed by atoms with van der Waals surface area (Å²) >= 11 is 1.76. The average Bonchev–Trinajstić information content (AvgIpc) is 3.07. The minimum absolute atomic E-state index is 0.0826. The van der Waals surface area contributed by atoms with Crippen LogP contribution in [0, 0.1) is 5.92 Å². The summed E-state index contributed by atoms with van der Waals surface area (Å²) in [7, 11) is 0. The molecule has 0 bridgehead atoms. The zero-order valence-electron chi connectivity index (χ0n) is 14.1. The molecule has 1 N–H and O–H groups in total. The second-order valence-corrected chi connectivity index (χ2v) is 7.80. The molecule has 2 aliphatic rings. The van der Waals surface area contributed by atoms with E-state index in [1.807, 2.05) is 9.80 Å². The minimum atomic E-state index is 0.0826. The summed E-state index contributed by atoms with van der Waals surface area (Å²) in [4.78, 5) is 29.9. The summed E-state index contributed by atoms with van der Waals surface area (Å²) in [5.41, 5.74) is 1.26. The summed E-state index contributed by atoms with van der Waals surface area (Å²) in [5, 5.41) is 11.1. The number of aliphatic hydroxyl groups excluding tert-OH is 1. The third-order valence-electron chi connectivity index (χ3n) is 5.12. The van der Waals surface area contributed by atoms with Crippen LogP contribution in [0.3, 0.4) is 0 Å². The SMILES string of the molecule is O=C(CCC(=O)N1CCCC(CCO)C1)N1CCc2sccc2C1. The summed E-state index contributed by atoms with van der Waals surface area (Å²) in [6, 6.07) is 2.10. The van der Waals surface area contributed by atoms with Crippen molar-refractivity contribution < 1.29 is 14.7 Å². The Labute approximate surface area is 147 Å². The topological polar surface area (TPSA) is 60.9 Å². The predicted octanol–water partition coefficient (Wildman–Crippen LogP) is 2.03. The molecular weight excluding hydrogens is 324 g/mol. The maximum atomic E-state index is 12.4. The molecule has 0 spiro atoms. The van der Waals surface area contributed by atoms with E-state index < -0.39 is 0 Å². The lowest BCUT2D eigenvalue weighted by Gasteiger charge is -2.33. The minimum Gasteiger partial charge on any atom is -0.396 e. The van der Waals surface area contributed by atoms with Gasteiger partial charge in [0.1, 0.15) is 0 Å². The fraction of sp³-hybridized carbons (Fsp3) is 0.667. The Morgan fingerprint density at radius 2 is 2.00 bits per heavy atom. The normalized spacial score (nSPS) is 20.8. The van der Waals surface area contributed by atoms with Gasteiger partial charge in [-0.05, 0) is 48.6 Å². The zero-order chi connectivity index (χ0) is 16.9. The smallest absolute Gasteiger partial charge is 0.223 e. The molecule has 0 aliphatic carbocycles. The quantitative estimate of drug-likeness (QED) is 0.884. The lowest BCUT2D eigenvalue weighted by atomic mass is 9.95. The number of rotatable bonds is 5. The van der Waals surface area contributed by atoms with Crippen molar-refractivity contribution in [3.05, 3.63) is 21.9 Å². The van der Waals surface area contributed by atoms with Crippen molar-refractivity contribution in [3.63, 3.8) is 0 Å². The monoisotopic (exact) mass is 350 g/mol. The lowest BCUT2D eigenvalue weighted by molar-refractivity contribution is -0.138. The number of hydrogen-bond donors (Lipinski definition) is 1. The van der Waals surface area contributed by atoms with Crippen molar-refractivity contribution in [1.82, 2.24) is 9.80 Å². The van der Waals surface area contributed by atoms with Crippen molar-refractivity contribution in [2.75, 3.05) is 26.2 Å². The highest BCUT2D eigenvalue weighted by molar-refractivity contribution is 7.10. The molecule has 1 aromatic rings. The van der Waals surface area contributed by atoms with Gasteiger partial charge in [-0.15, -0.1) is 11.3 Å². The van der Waals surface area contributed by atoms with Crippen molar-refractivity contribution in [1.29, 1.82) is 0 Å². The first-order chi connectivity index (χ1) is 11.7. The van der Waals surface area contributed by atoms with Crippen molar-refractivity contribution in [3.8, 4) is 0 Å². The van der Waals surface area contributed by atoms with Gasteiger partial charge >= 0.3 is 0 Å². The predicted molar refractivity (Wildman–Crippen MR) is 93.7 cm³/mol. The van der Waals surface area contributed by atoms with Crippen LogP contribution in [0.25, 0.3) is 0 Å². The third kappa shape index (κ3) is 4.16. The number of carbonyl (C=O) groups excluding carboxylic acids is 2. The molecule has 24 heavy (non-hydrogen) atoms. The molecule has 0 radical (unpaired) electrons. The molecule has 2 amide bonds. The molecule has 1 aromatic heterocycles. The number of hydrogen-bond acceptors (Lipinski definition) is 4. The first-order valence-electron chi connectivity index (χ1n) is 8.89. The number of likely N-dealkylation sites (tertiary alicyclic amines) is 1. The Morgan fingerprint density at radius 1 is 1.21 bits per heavy atom. The van der Waals surface area contributed by atoms with Gasteiger partial charge in [-0.2, -0.15) is 0 Å². The van der Waals surface area contributed by atoms with Crippen LogP contribution in [-0.4, -0.2) is 53.0 Å². The molecule has 1 saturated heterocycles. The lowest BCUT2D eigenvalue weighted by Crippen LogP contribution is -2.41. The van der Waals surface area contributed by atoms with E-state index in [0.717, 1.165) is 45.3 Å². The molecule has 0 saturated carbocycles. The fourth-order valence-corrected chi connectivity index (χ4v) is 4.59. The molecular formula is C18H26N2O3S. The van der Waals surface area contributed by atoms with E-state index in [0.29, 0.717) is 25.3 Å². The number of aliphatic hydroxyl groups is 1. The number of piperidine rings is 1. The zero-order valence-corrected chi connectivity index (χ0v) is 14.9. The Bertz CT molecular complexity index is 585. The first kappa shape index (κ1) is 17.4. The van der Waals surface area contributed by atoms with Crippen molar-refractivity contribution in [2.45, 2.75) is 45.1 Å². The molecule has 0 aromatic carbocycles. The second-order valence-electron chi connectivity index (χ2n) is 6.79. The Balaban J connectivity index is 1.45. The van der Waals surface area contributed by atoms with E-state index in [4.69, 9.17) is 5.11 Å². The van der Waals surface area contributed by atoms with Gasteiger partial charge in [-0.3, -0.25) is 9.59 Å². The van der Waals surface area contributed by atoms with Gasteiger partial charge in [-0.1, -0.05) is 0 Å². The van der Waals surface area contributed by atoms with E-state index >= 15 is 0 Å². The molecule has 3 rings (SSSR count). The number of fused-ring (bicyclic) bond motifs is 1. The third-order valence-corrected chi connectivity index (χ3v) is 6.15. The van der Waals surface area contributed by atoms with Crippen LogP contribution in [0.4, 0.5) is 0 Å². The highest BCUT2D eigenvalue weighted by Crippen LogP contribution is 2.25. The Morgan fingerprint density at radius 3 is 2.79 bits per heavy atom. The van der Waals surface area contributed by atoms with Crippen LogP contribution in [0.15, 0.2) is 11.4 Å². The average molecular weight is 350 g/mol. The maximum Gasteiger partial charge on any atom is 0.223 e. The van der Waals surface area contributed by atoms with Crippen LogP contribution in [0.5, 0.6) is 0 Å². The van der Waals surface area contributed by atoms with Crippen LogP contribution in [0.2, 0.25) is 0 Å². The summed E-state index contributed by atoms with van der Waals surface area (Å²) in [6.07, 6.45) is 4.38. The molecule has 2 aliphatic heterocycles. The maximum absolute atomic E-state index is 12.4. The van der Waals surface area contributed by atoms with E-state index in [9.17, 15) is 9.59 Å². The number of nitrogens with zero attached hydrogens (tertiary/aromatic N) is 2. The van der Waals surface area contributed by atoms with E-state index in [1.54, 1.807) is 11.3 Å². The molecule has 1 atom stereocenters. The fourth-order valence-electron chi connectivity index (χ4n) is 3.70. The van der Waals surface area contributed by atoms with Gasteiger partial charge < -0.3 is 14.9 Å². The Kier molecular flexibility index (Phi) is 5.89. The number of amides is 2. The standard InChI is InChI=1S/C18H26N2O3S/c21-10-6-14-2-1-8-19(12-14)17(22)3-4-18(23)20-9-5-16-15(13-20)7-11-24-16/h7,11,14,21H,1-6,8-10,12-13H2. The first-order valence-corrected chi connectivity index (χ1v) is 9.77. The highest BCUT2D eigenvalue weighted by Gasteiger charge is 2.25. The molecule has 3 heterocycles. The van der Waals surface area contributed by atoms with Gasteiger partial charge in [0.05, 0.1) is 0 Å².